The minimum Gasteiger partial charge on any atom is -0.312 e. The van der Waals surface area contributed by atoms with Crippen molar-refractivity contribution in [1.82, 2.24) is 10.2 Å². The highest BCUT2D eigenvalue weighted by atomic mass is 32.2. The van der Waals surface area contributed by atoms with E-state index in [4.69, 9.17) is 0 Å². The van der Waals surface area contributed by atoms with Gasteiger partial charge in [-0.1, -0.05) is 6.42 Å². The summed E-state index contributed by atoms with van der Waals surface area (Å²) in [6, 6.07) is 1.61. The third kappa shape index (κ3) is 3.06. The van der Waals surface area contributed by atoms with Gasteiger partial charge in [-0.25, -0.2) is 8.42 Å². The third-order valence-corrected chi connectivity index (χ3v) is 6.32. The predicted octanol–water partition coefficient (Wildman–Crippen LogP) is 0.780. The molecule has 2 heterocycles. The number of hydrogen-bond donors (Lipinski definition) is 1. The smallest absolute Gasteiger partial charge is 0.151 e. The first kappa shape index (κ1) is 12.9. The topological polar surface area (TPSA) is 49.4 Å². The largest absolute Gasteiger partial charge is 0.312 e. The van der Waals surface area contributed by atoms with Gasteiger partial charge in [0.05, 0.1) is 11.5 Å². The molecule has 1 N–H and O–H groups in total. The van der Waals surface area contributed by atoms with Crippen LogP contribution in [0.2, 0.25) is 0 Å². The van der Waals surface area contributed by atoms with Crippen LogP contribution in [-0.4, -0.2) is 56.0 Å². The lowest BCUT2D eigenvalue weighted by Crippen LogP contribution is -2.51. The van der Waals surface area contributed by atoms with Crippen molar-refractivity contribution in [1.29, 1.82) is 0 Å². The summed E-state index contributed by atoms with van der Waals surface area (Å²) in [5, 5.41) is 3.61. The summed E-state index contributed by atoms with van der Waals surface area (Å²) in [6.45, 7) is 2.15. The standard InChI is InChI=1S/C13H24N2O2S/c16-18(17)8-6-13(10-18)15-7-2-1-3-12(15)9-14-11-4-5-11/h11-14H,1-10H2. The number of nitrogens with zero attached hydrogens (tertiary/aromatic N) is 1. The number of hydrogen-bond acceptors (Lipinski definition) is 4. The fourth-order valence-electron chi connectivity index (χ4n) is 3.35. The molecule has 0 aromatic heterocycles. The van der Waals surface area contributed by atoms with Crippen LogP contribution in [0.4, 0.5) is 0 Å². The Hall–Kier alpha value is -0.130. The summed E-state index contributed by atoms with van der Waals surface area (Å²) < 4.78 is 23.2. The maximum Gasteiger partial charge on any atom is 0.151 e. The van der Waals surface area contributed by atoms with Gasteiger partial charge in [-0.05, 0) is 38.6 Å². The predicted molar refractivity (Wildman–Crippen MR) is 72.4 cm³/mol. The summed E-state index contributed by atoms with van der Waals surface area (Å²) >= 11 is 0. The Morgan fingerprint density at radius 3 is 2.61 bits per heavy atom. The van der Waals surface area contributed by atoms with Gasteiger partial charge in [-0.15, -0.1) is 0 Å². The molecule has 0 amide bonds. The maximum absolute atomic E-state index is 11.6. The zero-order valence-electron chi connectivity index (χ0n) is 11.0. The fraction of sp³-hybridized carbons (Fsp3) is 1.00. The zero-order chi connectivity index (χ0) is 12.6. The Balaban J connectivity index is 1.59. The van der Waals surface area contributed by atoms with Gasteiger partial charge in [0.25, 0.3) is 0 Å². The Labute approximate surface area is 110 Å². The van der Waals surface area contributed by atoms with E-state index < -0.39 is 9.84 Å². The molecule has 0 bridgehead atoms. The Morgan fingerprint density at radius 1 is 1.11 bits per heavy atom. The van der Waals surface area contributed by atoms with Crippen LogP contribution in [-0.2, 0) is 9.84 Å². The van der Waals surface area contributed by atoms with Crippen LogP contribution in [0.15, 0.2) is 0 Å². The molecule has 2 aliphatic heterocycles. The lowest BCUT2D eigenvalue weighted by molar-refractivity contribution is 0.105. The van der Waals surface area contributed by atoms with Gasteiger partial charge in [-0.3, -0.25) is 4.90 Å². The molecule has 2 saturated heterocycles. The van der Waals surface area contributed by atoms with Crippen LogP contribution in [0.5, 0.6) is 0 Å². The molecule has 18 heavy (non-hydrogen) atoms. The van der Waals surface area contributed by atoms with Gasteiger partial charge in [0.15, 0.2) is 9.84 Å². The molecule has 5 heteroatoms. The molecule has 0 aromatic rings. The average Bonchev–Trinajstić information content (AvgIpc) is 3.10. The number of likely N-dealkylation sites (tertiary alicyclic amines) is 1. The minimum atomic E-state index is -2.75. The van der Waals surface area contributed by atoms with Crippen molar-refractivity contribution in [3.8, 4) is 0 Å². The number of nitrogens with one attached hydrogen (secondary N) is 1. The van der Waals surface area contributed by atoms with E-state index in [9.17, 15) is 8.42 Å². The second kappa shape index (κ2) is 5.10. The van der Waals surface area contributed by atoms with Crippen LogP contribution < -0.4 is 5.32 Å². The third-order valence-electron chi connectivity index (χ3n) is 4.57. The van der Waals surface area contributed by atoms with Crippen molar-refractivity contribution in [3.05, 3.63) is 0 Å². The zero-order valence-corrected chi connectivity index (χ0v) is 11.8. The second-order valence-corrected chi connectivity index (χ2v) is 8.36. The van der Waals surface area contributed by atoms with E-state index in [0.29, 0.717) is 23.6 Å². The van der Waals surface area contributed by atoms with Crippen molar-refractivity contribution < 1.29 is 8.42 Å². The molecule has 2 unspecified atom stereocenters. The van der Waals surface area contributed by atoms with Crippen molar-refractivity contribution >= 4 is 9.84 Å². The van der Waals surface area contributed by atoms with E-state index in [2.05, 4.69) is 10.2 Å². The van der Waals surface area contributed by atoms with E-state index in [1.807, 2.05) is 0 Å². The fourth-order valence-corrected chi connectivity index (χ4v) is 5.09. The van der Waals surface area contributed by atoms with Gasteiger partial charge < -0.3 is 5.32 Å². The molecular weight excluding hydrogens is 248 g/mol. The van der Waals surface area contributed by atoms with E-state index in [1.165, 1.54) is 32.1 Å². The van der Waals surface area contributed by atoms with E-state index in [1.54, 1.807) is 0 Å². The number of sulfone groups is 1. The molecule has 1 saturated carbocycles. The lowest BCUT2D eigenvalue weighted by atomic mass is 9.99. The highest BCUT2D eigenvalue weighted by molar-refractivity contribution is 7.91. The molecule has 104 valence electrons. The van der Waals surface area contributed by atoms with Crippen molar-refractivity contribution in [3.63, 3.8) is 0 Å². The summed E-state index contributed by atoms with van der Waals surface area (Å²) in [6.07, 6.45) is 7.26. The van der Waals surface area contributed by atoms with Gasteiger partial charge >= 0.3 is 0 Å². The van der Waals surface area contributed by atoms with E-state index in [0.717, 1.165) is 25.6 Å². The maximum atomic E-state index is 11.6. The molecule has 3 aliphatic rings. The molecular formula is C13H24N2O2S. The lowest BCUT2D eigenvalue weighted by Gasteiger charge is -2.39. The van der Waals surface area contributed by atoms with Crippen molar-refractivity contribution in [2.45, 2.75) is 56.7 Å². The minimum absolute atomic E-state index is 0.293. The van der Waals surface area contributed by atoms with Crippen molar-refractivity contribution in [2.24, 2.45) is 0 Å². The van der Waals surface area contributed by atoms with Gasteiger partial charge in [-0.2, -0.15) is 0 Å². The highest BCUT2D eigenvalue weighted by Gasteiger charge is 2.36. The van der Waals surface area contributed by atoms with E-state index >= 15 is 0 Å². The van der Waals surface area contributed by atoms with Crippen LogP contribution in [0.3, 0.4) is 0 Å². The summed E-state index contributed by atoms with van der Waals surface area (Å²) in [7, 11) is -2.75. The first-order valence-electron chi connectivity index (χ1n) is 7.34. The molecule has 2 atom stereocenters. The van der Waals surface area contributed by atoms with Crippen LogP contribution in [0.25, 0.3) is 0 Å². The average molecular weight is 272 g/mol. The summed E-state index contributed by atoms with van der Waals surface area (Å²) in [5.41, 5.74) is 0. The molecule has 1 aliphatic carbocycles. The molecule has 0 spiro atoms. The van der Waals surface area contributed by atoms with E-state index in [-0.39, 0.29) is 0 Å². The van der Waals surface area contributed by atoms with Gasteiger partial charge in [0.1, 0.15) is 0 Å². The second-order valence-electron chi connectivity index (χ2n) is 6.13. The Morgan fingerprint density at radius 2 is 1.94 bits per heavy atom. The Kier molecular flexibility index (Phi) is 3.65. The SMILES string of the molecule is O=S1(=O)CCC(N2CCCCC2CNC2CC2)C1. The van der Waals surface area contributed by atoms with Crippen LogP contribution in [0, 0.1) is 0 Å². The first-order valence-corrected chi connectivity index (χ1v) is 9.16. The van der Waals surface area contributed by atoms with Crippen LogP contribution >= 0.6 is 0 Å². The normalized spacial score (nSPS) is 36.9. The Bertz CT molecular complexity index is 392. The molecule has 4 nitrogen and oxygen atoms in total. The first-order chi connectivity index (χ1) is 8.64. The summed E-state index contributed by atoms with van der Waals surface area (Å²) in [5.74, 6) is 0.796. The summed E-state index contributed by atoms with van der Waals surface area (Å²) in [4.78, 5) is 2.49. The monoisotopic (exact) mass is 272 g/mol. The molecule has 3 rings (SSSR count). The number of rotatable bonds is 4. The van der Waals surface area contributed by atoms with Crippen LogP contribution in [0.1, 0.15) is 38.5 Å². The molecule has 0 aromatic carbocycles. The molecule has 3 fully saturated rings. The quantitative estimate of drug-likeness (QED) is 0.822. The number of piperidine rings is 1. The van der Waals surface area contributed by atoms with Gasteiger partial charge in [0, 0.05) is 24.7 Å². The molecule has 0 radical (unpaired) electrons. The van der Waals surface area contributed by atoms with Crippen molar-refractivity contribution in [2.75, 3.05) is 24.6 Å². The van der Waals surface area contributed by atoms with Gasteiger partial charge in [0.2, 0.25) is 0 Å². The highest BCUT2D eigenvalue weighted by Crippen LogP contribution is 2.26.